The molecule has 4 aromatic carbocycles. The van der Waals surface area contributed by atoms with Gasteiger partial charge in [0.2, 0.25) is 0 Å². The molecule has 0 fully saturated rings. The average Bonchev–Trinajstić information content (AvgIpc) is 3.30. The number of nitrogens with two attached hydrogens (primary N) is 1. The van der Waals surface area contributed by atoms with Crippen molar-refractivity contribution < 1.29 is 4.74 Å². The quantitative estimate of drug-likeness (QED) is 0.282. The van der Waals surface area contributed by atoms with Gasteiger partial charge in [0, 0.05) is 16.8 Å². The van der Waals surface area contributed by atoms with Crippen LogP contribution in [-0.4, -0.2) is 9.78 Å². The SMILES string of the molecule is Nc1ccc(-c2cc(-c3ccc(OCc4ccccc4)cc3)n(-c3ccccc3Cl)n2)cc1. The van der Waals surface area contributed by atoms with Crippen LogP contribution in [0.4, 0.5) is 5.69 Å². The largest absolute Gasteiger partial charge is 0.489 e. The molecular weight excluding hydrogens is 430 g/mol. The number of anilines is 1. The summed E-state index contributed by atoms with van der Waals surface area (Å²) in [5.41, 5.74) is 12.3. The topological polar surface area (TPSA) is 53.1 Å². The molecular formula is C28H22ClN3O. The van der Waals surface area contributed by atoms with Crippen LogP contribution in [0.25, 0.3) is 28.2 Å². The third kappa shape index (κ3) is 4.61. The molecule has 1 aromatic heterocycles. The van der Waals surface area contributed by atoms with Crippen molar-refractivity contribution in [3.05, 3.63) is 120 Å². The van der Waals surface area contributed by atoms with E-state index in [-0.39, 0.29) is 0 Å². The first-order chi connectivity index (χ1) is 16.2. The number of nitrogens with zero attached hydrogens (tertiary/aromatic N) is 2. The van der Waals surface area contributed by atoms with Crippen molar-refractivity contribution in [1.82, 2.24) is 9.78 Å². The highest BCUT2D eigenvalue weighted by atomic mass is 35.5. The van der Waals surface area contributed by atoms with E-state index in [0.29, 0.717) is 11.6 Å². The minimum Gasteiger partial charge on any atom is -0.489 e. The van der Waals surface area contributed by atoms with Crippen LogP contribution in [0.5, 0.6) is 5.75 Å². The number of hydrogen-bond donors (Lipinski definition) is 1. The van der Waals surface area contributed by atoms with E-state index in [1.807, 2.05) is 95.7 Å². The first-order valence-electron chi connectivity index (χ1n) is 10.7. The van der Waals surface area contributed by atoms with E-state index in [4.69, 9.17) is 27.2 Å². The molecule has 5 rings (SSSR count). The van der Waals surface area contributed by atoms with E-state index in [2.05, 4.69) is 18.2 Å². The normalized spacial score (nSPS) is 10.8. The number of benzene rings is 4. The Morgan fingerprint density at radius 3 is 2.15 bits per heavy atom. The zero-order chi connectivity index (χ0) is 22.6. The number of nitrogen functional groups attached to an aromatic ring is 1. The average molecular weight is 452 g/mol. The van der Waals surface area contributed by atoms with Crippen LogP contribution in [-0.2, 0) is 6.61 Å². The molecule has 0 radical (unpaired) electrons. The Balaban J connectivity index is 1.49. The van der Waals surface area contributed by atoms with Crippen LogP contribution >= 0.6 is 11.6 Å². The maximum Gasteiger partial charge on any atom is 0.119 e. The zero-order valence-corrected chi connectivity index (χ0v) is 18.6. The summed E-state index contributed by atoms with van der Waals surface area (Å²) in [6.45, 7) is 0.527. The van der Waals surface area contributed by atoms with Crippen LogP contribution in [0.1, 0.15) is 5.56 Å². The summed E-state index contributed by atoms with van der Waals surface area (Å²) in [5.74, 6) is 0.810. The second-order valence-corrected chi connectivity index (χ2v) is 8.11. The number of para-hydroxylation sites is 1. The lowest BCUT2D eigenvalue weighted by Crippen LogP contribution is -2.00. The third-order valence-electron chi connectivity index (χ3n) is 5.39. The molecule has 0 aliphatic carbocycles. The van der Waals surface area contributed by atoms with Crippen molar-refractivity contribution in [2.45, 2.75) is 6.61 Å². The first kappa shape index (κ1) is 20.9. The Labute approximate surface area is 197 Å². The van der Waals surface area contributed by atoms with E-state index in [1.165, 1.54) is 0 Å². The van der Waals surface area contributed by atoms with Gasteiger partial charge in [-0.15, -0.1) is 0 Å². The molecule has 0 amide bonds. The molecule has 0 saturated heterocycles. The molecule has 162 valence electrons. The molecule has 0 atom stereocenters. The van der Waals surface area contributed by atoms with Gasteiger partial charge in [-0.25, -0.2) is 4.68 Å². The van der Waals surface area contributed by atoms with E-state index in [0.717, 1.165) is 45.2 Å². The predicted molar refractivity (Wildman–Crippen MR) is 135 cm³/mol. The Bertz CT molecular complexity index is 1360. The maximum absolute atomic E-state index is 6.52. The number of halogens is 1. The molecule has 0 aliphatic heterocycles. The Morgan fingerprint density at radius 2 is 1.42 bits per heavy atom. The van der Waals surface area contributed by atoms with Crippen LogP contribution in [0.2, 0.25) is 5.02 Å². The molecule has 0 unspecified atom stereocenters. The summed E-state index contributed by atoms with van der Waals surface area (Å²) in [6.07, 6.45) is 0. The fourth-order valence-corrected chi connectivity index (χ4v) is 3.87. The van der Waals surface area contributed by atoms with Crippen molar-refractivity contribution in [2.75, 3.05) is 5.73 Å². The summed E-state index contributed by atoms with van der Waals surface area (Å²) in [4.78, 5) is 0. The Kier molecular flexibility index (Phi) is 5.83. The third-order valence-corrected chi connectivity index (χ3v) is 5.71. The molecule has 0 saturated carbocycles. The summed E-state index contributed by atoms with van der Waals surface area (Å²) >= 11 is 6.52. The van der Waals surface area contributed by atoms with Crippen LogP contribution in [0.15, 0.2) is 109 Å². The maximum atomic E-state index is 6.52. The molecule has 0 aliphatic rings. The lowest BCUT2D eigenvalue weighted by molar-refractivity contribution is 0.306. The second kappa shape index (κ2) is 9.23. The number of rotatable bonds is 6. The van der Waals surface area contributed by atoms with Crippen LogP contribution in [0.3, 0.4) is 0 Å². The molecule has 4 nitrogen and oxygen atoms in total. The smallest absolute Gasteiger partial charge is 0.119 e. The number of aromatic nitrogens is 2. The van der Waals surface area contributed by atoms with Crippen LogP contribution in [0, 0.1) is 0 Å². The van der Waals surface area contributed by atoms with Gasteiger partial charge in [-0.2, -0.15) is 5.10 Å². The minimum atomic E-state index is 0.527. The number of hydrogen-bond acceptors (Lipinski definition) is 3. The van der Waals surface area contributed by atoms with E-state index < -0.39 is 0 Å². The number of ether oxygens (including phenoxy) is 1. The highest BCUT2D eigenvalue weighted by Gasteiger charge is 2.15. The summed E-state index contributed by atoms with van der Waals surface area (Å²) in [7, 11) is 0. The Morgan fingerprint density at radius 1 is 0.758 bits per heavy atom. The molecule has 2 N–H and O–H groups in total. The van der Waals surface area contributed by atoms with Gasteiger partial charge in [0.05, 0.1) is 22.1 Å². The highest BCUT2D eigenvalue weighted by molar-refractivity contribution is 6.32. The van der Waals surface area contributed by atoms with Crippen molar-refractivity contribution in [1.29, 1.82) is 0 Å². The van der Waals surface area contributed by atoms with E-state index in [1.54, 1.807) is 0 Å². The van der Waals surface area contributed by atoms with Gasteiger partial charge in [-0.1, -0.05) is 66.2 Å². The predicted octanol–water partition coefficient (Wildman–Crippen LogP) is 7.02. The fraction of sp³-hybridized carbons (Fsp3) is 0.0357. The lowest BCUT2D eigenvalue weighted by Gasteiger charge is -2.10. The van der Waals surface area contributed by atoms with Crippen molar-refractivity contribution in [3.63, 3.8) is 0 Å². The van der Waals surface area contributed by atoms with Gasteiger partial charge in [0.1, 0.15) is 12.4 Å². The van der Waals surface area contributed by atoms with Crippen molar-refractivity contribution >= 4 is 17.3 Å². The fourth-order valence-electron chi connectivity index (χ4n) is 3.65. The van der Waals surface area contributed by atoms with Gasteiger partial charge in [-0.3, -0.25) is 0 Å². The van der Waals surface area contributed by atoms with Gasteiger partial charge < -0.3 is 10.5 Å². The van der Waals surface area contributed by atoms with Crippen molar-refractivity contribution in [3.8, 4) is 34.0 Å². The molecule has 0 bridgehead atoms. The summed E-state index contributed by atoms with van der Waals surface area (Å²) in [5, 5.41) is 5.51. The lowest BCUT2D eigenvalue weighted by atomic mass is 10.1. The summed E-state index contributed by atoms with van der Waals surface area (Å²) in [6, 6.07) is 35.6. The zero-order valence-electron chi connectivity index (χ0n) is 17.9. The van der Waals surface area contributed by atoms with Gasteiger partial charge in [-0.05, 0) is 60.2 Å². The summed E-state index contributed by atoms with van der Waals surface area (Å²) < 4.78 is 7.83. The second-order valence-electron chi connectivity index (χ2n) is 7.70. The van der Waals surface area contributed by atoms with Crippen LogP contribution < -0.4 is 10.5 Å². The molecule has 0 spiro atoms. The Hall–Kier alpha value is -4.02. The van der Waals surface area contributed by atoms with E-state index >= 15 is 0 Å². The minimum absolute atomic E-state index is 0.527. The molecule has 5 heteroatoms. The standard InChI is InChI=1S/C28H22ClN3O/c29-25-8-4-5-9-27(25)32-28(18-26(31-32)21-10-14-23(30)15-11-21)22-12-16-24(17-13-22)33-19-20-6-2-1-3-7-20/h1-18H,19,30H2. The molecule has 33 heavy (non-hydrogen) atoms. The van der Waals surface area contributed by atoms with Gasteiger partial charge >= 0.3 is 0 Å². The van der Waals surface area contributed by atoms with E-state index in [9.17, 15) is 0 Å². The van der Waals surface area contributed by atoms with Gasteiger partial charge in [0.15, 0.2) is 0 Å². The molecule has 5 aromatic rings. The van der Waals surface area contributed by atoms with Crippen molar-refractivity contribution in [2.24, 2.45) is 0 Å². The monoisotopic (exact) mass is 451 g/mol. The van der Waals surface area contributed by atoms with Gasteiger partial charge in [0.25, 0.3) is 0 Å². The molecule has 1 heterocycles. The first-order valence-corrected chi connectivity index (χ1v) is 11.0. The highest BCUT2D eigenvalue weighted by Crippen LogP contribution is 2.32.